The number of rotatable bonds is 7. The summed E-state index contributed by atoms with van der Waals surface area (Å²) >= 11 is 0. The second kappa shape index (κ2) is 7.40. The molecule has 0 aliphatic heterocycles. The van der Waals surface area contributed by atoms with E-state index in [1.165, 1.54) is 17.8 Å². The SMILES string of the molecule is COCCc1ccc(OCc2ccnc(C(=O)O)c2)cc1. The first-order chi connectivity index (χ1) is 10.2. The lowest BCUT2D eigenvalue weighted by molar-refractivity contribution is 0.0690. The Hall–Kier alpha value is -2.40. The Balaban J connectivity index is 1.93. The summed E-state index contributed by atoms with van der Waals surface area (Å²) in [4.78, 5) is 14.6. The Labute approximate surface area is 123 Å². The number of aromatic carboxylic acids is 1. The van der Waals surface area contributed by atoms with Gasteiger partial charge in [0.15, 0.2) is 0 Å². The molecule has 0 saturated carbocycles. The molecule has 5 heteroatoms. The minimum absolute atomic E-state index is 0.0195. The Bertz CT molecular complexity index is 595. The van der Waals surface area contributed by atoms with E-state index < -0.39 is 5.97 Å². The van der Waals surface area contributed by atoms with Crippen LogP contribution in [0.1, 0.15) is 21.6 Å². The van der Waals surface area contributed by atoms with Gasteiger partial charge in [-0.05, 0) is 41.8 Å². The average Bonchev–Trinajstić information content (AvgIpc) is 2.52. The van der Waals surface area contributed by atoms with Crippen LogP contribution in [0.2, 0.25) is 0 Å². The molecule has 1 heterocycles. The van der Waals surface area contributed by atoms with E-state index in [1.54, 1.807) is 13.2 Å². The number of hydrogen-bond donors (Lipinski definition) is 1. The van der Waals surface area contributed by atoms with Gasteiger partial charge in [-0.2, -0.15) is 0 Å². The second-order valence-electron chi connectivity index (χ2n) is 4.53. The first-order valence-corrected chi connectivity index (χ1v) is 6.58. The van der Waals surface area contributed by atoms with Crippen LogP contribution in [0.3, 0.4) is 0 Å². The number of carboxylic acid groups (broad SMARTS) is 1. The first-order valence-electron chi connectivity index (χ1n) is 6.58. The predicted molar refractivity (Wildman–Crippen MR) is 77.6 cm³/mol. The molecule has 0 amide bonds. The van der Waals surface area contributed by atoms with E-state index in [1.807, 2.05) is 24.3 Å². The number of carboxylic acids is 1. The number of carbonyl (C=O) groups is 1. The van der Waals surface area contributed by atoms with Gasteiger partial charge in [0.05, 0.1) is 6.61 Å². The van der Waals surface area contributed by atoms with Crippen molar-refractivity contribution >= 4 is 5.97 Å². The molecule has 0 bridgehead atoms. The third kappa shape index (κ3) is 4.57. The fourth-order valence-corrected chi connectivity index (χ4v) is 1.82. The molecule has 0 radical (unpaired) electrons. The Kier molecular flexibility index (Phi) is 5.29. The van der Waals surface area contributed by atoms with Crippen LogP contribution >= 0.6 is 0 Å². The number of nitrogens with zero attached hydrogens (tertiary/aromatic N) is 1. The molecule has 0 fully saturated rings. The molecule has 5 nitrogen and oxygen atoms in total. The summed E-state index contributed by atoms with van der Waals surface area (Å²) in [6.07, 6.45) is 2.33. The van der Waals surface area contributed by atoms with E-state index in [2.05, 4.69) is 4.98 Å². The largest absolute Gasteiger partial charge is 0.489 e. The third-order valence-corrected chi connectivity index (χ3v) is 2.97. The minimum atomic E-state index is -1.04. The normalized spacial score (nSPS) is 10.3. The smallest absolute Gasteiger partial charge is 0.354 e. The van der Waals surface area contributed by atoms with Crippen LogP contribution in [0.15, 0.2) is 42.6 Å². The van der Waals surface area contributed by atoms with Crippen molar-refractivity contribution in [3.63, 3.8) is 0 Å². The van der Waals surface area contributed by atoms with Crippen LogP contribution in [-0.4, -0.2) is 29.8 Å². The van der Waals surface area contributed by atoms with Crippen LogP contribution in [0.4, 0.5) is 0 Å². The van der Waals surface area contributed by atoms with Crippen LogP contribution < -0.4 is 4.74 Å². The van der Waals surface area contributed by atoms with E-state index in [9.17, 15) is 4.79 Å². The van der Waals surface area contributed by atoms with Crippen molar-refractivity contribution in [1.82, 2.24) is 4.98 Å². The van der Waals surface area contributed by atoms with Crippen LogP contribution in [-0.2, 0) is 17.8 Å². The lowest BCUT2D eigenvalue weighted by Crippen LogP contribution is -2.03. The highest BCUT2D eigenvalue weighted by molar-refractivity contribution is 5.85. The summed E-state index contributed by atoms with van der Waals surface area (Å²) in [7, 11) is 1.68. The number of benzene rings is 1. The van der Waals surface area contributed by atoms with Gasteiger partial charge in [0.2, 0.25) is 0 Å². The molecule has 0 aliphatic rings. The monoisotopic (exact) mass is 287 g/mol. The lowest BCUT2D eigenvalue weighted by Gasteiger charge is -2.07. The summed E-state index contributed by atoms with van der Waals surface area (Å²) in [5.74, 6) is -0.302. The molecule has 0 aliphatic carbocycles. The molecule has 110 valence electrons. The topological polar surface area (TPSA) is 68.7 Å². The zero-order chi connectivity index (χ0) is 15.1. The highest BCUT2D eigenvalue weighted by atomic mass is 16.5. The Morgan fingerprint density at radius 3 is 2.62 bits per heavy atom. The molecule has 1 N–H and O–H groups in total. The molecule has 0 spiro atoms. The summed E-state index contributed by atoms with van der Waals surface area (Å²) < 4.78 is 10.7. The highest BCUT2D eigenvalue weighted by Gasteiger charge is 2.05. The zero-order valence-electron chi connectivity index (χ0n) is 11.8. The molecule has 1 aromatic heterocycles. The van der Waals surface area contributed by atoms with Gasteiger partial charge in [0, 0.05) is 13.3 Å². The maximum Gasteiger partial charge on any atom is 0.354 e. The summed E-state index contributed by atoms with van der Waals surface area (Å²) in [5, 5.41) is 8.88. The Morgan fingerprint density at radius 2 is 1.95 bits per heavy atom. The number of pyridine rings is 1. The maximum atomic E-state index is 10.8. The zero-order valence-corrected chi connectivity index (χ0v) is 11.8. The van der Waals surface area contributed by atoms with Crippen molar-refractivity contribution in [2.24, 2.45) is 0 Å². The van der Waals surface area contributed by atoms with Crippen molar-refractivity contribution in [3.8, 4) is 5.75 Å². The quantitative estimate of drug-likeness (QED) is 0.847. The van der Waals surface area contributed by atoms with Crippen molar-refractivity contribution < 1.29 is 19.4 Å². The molecule has 2 aromatic rings. The van der Waals surface area contributed by atoms with Gasteiger partial charge in [-0.15, -0.1) is 0 Å². The van der Waals surface area contributed by atoms with Crippen LogP contribution in [0.25, 0.3) is 0 Å². The van der Waals surface area contributed by atoms with Crippen molar-refractivity contribution in [1.29, 1.82) is 0 Å². The number of methoxy groups -OCH3 is 1. The van der Waals surface area contributed by atoms with Gasteiger partial charge < -0.3 is 14.6 Å². The first kappa shape index (κ1) is 15.0. The van der Waals surface area contributed by atoms with Crippen molar-refractivity contribution in [3.05, 3.63) is 59.4 Å². The number of ether oxygens (including phenoxy) is 2. The van der Waals surface area contributed by atoms with E-state index in [4.69, 9.17) is 14.6 Å². The van der Waals surface area contributed by atoms with E-state index in [0.717, 1.165) is 17.7 Å². The molecular weight excluding hydrogens is 270 g/mol. The highest BCUT2D eigenvalue weighted by Crippen LogP contribution is 2.15. The summed E-state index contributed by atoms with van der Waals surface area (Å²) in [5.41, 5.74) is 1.97. The predicted octanol–water partition coefficient (Wildman–Crippen LogP) is 2.55. The molecule has 1 aromatic carbocycles. The minimum Gasteiger partial charge on any atom is -0.489 e. The van der Waals surface area contributed by atoms with E-state index >= 15 is 0 Å². The van der Waals surface area contributed by atoms with Gasteiger partial charge in [0.1, 0.15) is 18.1 Å². The maximum absolute atomic E-state index is 10.8. The number of hydrogen-bond acceptors (Lipinski definition) is 4. The second-order valence-corrected chi connectivity index (χ2v) is 4.53. The van der Waals surface area contributed by atoms with E-state index in [-0.39, 0.29) is 5.69 Å². The standard InChI is InChI=1S/C16H17NO4/c1-20-9-7-12-2-4-14(5-3-12)21-11-13-6-8-17-15(10-13)16(18)19/h2-6,8,10H,7,9,11H2,1H3,(H,18,19). The number of aromatic nitrogens is 1. The molecule has 0 saturated heterocycles. The van der Waals surface area contributed by atoms with Crippen LogP contribution in [0, 0.1) is 0 Å². The third-order valence-electron chi connectivity index (χ3n) is 2.97. The summed E-state index contributed by atoms with van der Waals surface area (Å²) in [6, 6.07) is 11.0. The lowest BCUT2D eigenvalue weighted by atomic mass is 10.1. The molecule has 2 rings (SSSR count). The van der Waals surface area contributed by atoms with E-state index in [0.29, 0.717) is 13.2 Å². The molecule has 0 atom stereocenters. The fourth-order valence-electron chi connectivity index (χ4n) is 1.82. The summed E-state index contributed by atoms with van der Waals surface area (Å²) in [6.45, 7) is 0.995. The van der Waals surface area contributed by atoms with Gasteiger partial charge >= 0.3 is 5.97 Å². The van der Waals surface area contributed by atoms with Crippen molar-refractivity contribution in [2.75, 3.05) is 13.7 Å². The van der Waals surface area contributed by atoms with Gasteiger partial charge in [-0.1, -0.05) is 12.1 Å². The van der Waals surface area contributed by atoms with Gasteiger partial charge in [0.25, 0.3) is 0 Å². The Morgan fingerprint density at radius 1 is 1.19 bits per heavy atom. The molecular formula is C16H17NO4. The van der Waals surface area contributed by atoms with Gasteiger partial charge in [-0.25, -0.2) is 9.78 Å². The molecule has 0 unspecified atom stereocenters. The molecule has 21 heavy (non-hydrogen) atoms. The average molecular weight is 287 g/mol. The van der Waals surface area contributed by atoms with Crippen LogP contribution in [0.5, 0.6) is 5.75 Å². The fraction of sp³-hybridized carbons (Fsp3) is 0.250. The van der Waals surface area contributed by atoms with Gasteiger partial charge in [-0.3, -0.25) is 0 Å². The van der Waals surface area contributed by atoms with Crippen molar-refractivity contribution in [2.45, 2.75) is 13.0 Å².